The van der Waals surface area contributed by atoms with Crippen LogP contribution in [0.2, 0.25) is 0 Å². The molecule has 0 saturated carbocycles. The number of anilines is 1. The molecule has 4 heteroatoms. The Morgan fingerprint density at radius 3 is 2.45 bits per heavy atom. The summed E-state index contributed by atoms with van der Waals surface area (Å²) >= 11 is 0. The van der Waals surface area contributed by atoms with E-state index in [9.17, 15) is 4.79 Å². The summed E-state index contributed by atoms with van der Waals surface area (Å²) in [4.78, 5) is 11.4. The van der Waals surface area contributed by atoms with Crippen molar-refractivity contribution >= 4 is 11.6 Å². The first-order valence-corrected chi connectivity index (χ1v) is 6.43. The monoisotopic (exact) mass is 270 g/mol. The van der Waals surface area contributed by atoms with Crippen molar-refractivity contribution in [3.05, 3.63) is 53.6 Å². The molecule has 2 aromatic rings. The number of hydrogen-bond acceptors (Lipinski definition) is 3. The fourth-order valence-electron chi connectivity index (χ4n) is 1.98. The zero-order valence-corrected chi connectivity index (χ0v) is 11.6. The third-order valence-corrected chi connectivity index (χ3v) is 2.77. The number of carbonyl (C=O) groups excluding carboxylic acids is 1. The minimum absolute atomic E-state index is 0.0577. The Balaban J connectivity index is 2.26. The largest absolute Gasteiger partial charge is 0.455 e. The lowest BCUT2D eigenvalue weighted by atomic mass is 10.1. The fraction of sp³-hybridized carbons (Fsp3) is 0.188. The van der Waals surface area contributed by atoms with E-state index in [-0.39, 0.29) is 12.5 Å². The molecule has 0 unspecified atom stereocenters. The minimum Gasteiger partial charge on any atom is -0.455 e. The van der Waals surface area contributed by atoms with E-state index >= 15 is 0 Å². The summed E-state index contributed by atoms with van der Waals surface area (Å²) < 4.78 is 5.86. The number of nitrogens with two attached hydrogens (primary N) is 1. The number of hydrogen-bond donors (Lipinski definition) is 2. The van der Waals surface area contributed by atoms with Gasteiger partial charge in [0.15, 0.2) is 5.75 Å². The average molecular weight is 270 g/mol. The van der Waals surface area contributed by atoms with Crippen molar-refractivity contribution in [2.45, 2.75) is 13.8 Å². The molecule has 1 amide bonds. The summed E-state index contributed by atoms with van der Waals surface area (Å²) in [5.41, 5.74) is 8.18. The first kappa shape index (κ1) is 14.1. The molecule has 2 aromatic carbocycles. The topological polar surface area (TPSA) is 64.3 Å². The fourth-order valence-corrected chi connectivity index (χ4v) is 1.98. The van der Waals surface area contributed by atoms with Crippen LogP contribution in [0.15, 0.2) is 42.5 Å². The third-order valence-electron chi connectivity index (χ3n) is 2.77. The molecule has 4 nitrogen and oxygen atoms in total. The van der Waals surface area contributed by atoms with Gasteiger partial charge in [-0.25, -0.2) is 0 Å². The number of ether oxygens (including phenoxy) is 1. The molecule has 2 rings (SSSR count). The summed E-state index contributed by atoms with van der Waals surface area (Å²) in [5.74, 6) is 1.10. The van der Waals surface area contributed by atoms with Gasteiger partial charge in [-0.2, -0.15) is 0 Å². The van der Waals surface area contributed by atoms with Crippen LogP contribution in [0.3, 0.4) is 0 Å². The second-order valence-corrected chi connectivity index (χ2v) is 4.67. The highest BCUT2D eigenvalue weighted by Gasteiger charge is 2.07. The van der Waals surface area contributed by atoms with E-state index < -0.39 is 0 Å². The normalized spacial score (nSPS) is 10.2. The number of benzene rings is 2. The minimum atomic E-state index is -0.249. The standard InChI is InChI=1S/C16H18N2O2/c1-11-7-12(2)9-13(8-11)20-15-6-4-3-5-14(15)18-16(19)10-17/h3-9H,10,17H2,1-2H3,(H,18,19). The Kier molecular flexibility index (Phi) is 4.38. The van der Waals surface area contributed by atoms with Gasteiger partial charge in [0.1, 0.15) is 5.75 Å². The molecule has 0 spiro atoms. The van der Waals surface area contributed by atoms with Crippen molar-refractivity contribution in [3.63, 3.8) is 0 Å². The van der Waals surface area contributed by atoms with Gasteiger partial charge in [-0.1, -0.05) is 18.2 Å². The average Bonchev–Trinajstić information content (AvgIpc) is 2.39. The van der Waals surface area contributed by atoms with E-state index in [1.807, 2.05) is 44.2 Å². The number of rotatable bonds is 4. The summed E-state index contributed by atoms with van der Waals surface area (Å²) in [5, 5.41) is 2.72. The van der Waals surface area contributed by atoms with Crippen LogP contribution in [0.4, 0.5) is 5.69 Å². The highest BCUT2D eigenvalue weighted by atomic mass is 16.5. The number of carbonyl (C=O) groups is 1. The highest BCUT2D eigenvalue weighted by molar-refractivity contribution is 5.93. The maximum absolute atomic E-state index is 11.4. The molecule has 104 valence electrons. The molecule has 0 aliphatic heterocycles. The second kappa shape index (κ2) is 6.21. The van der Waals surface area contributed by atoms with E-state index in [4.69, 9.17) is 10.5 Å². The van der Waals surface area contributed by atoms with Crippen LogP contribution >= 0.6 is 0 Å². The van der Waals surface area contributed by atoms with Crippen LogP contribution in [0, 0.1) is 13.8 Å². The van der Waals surface area contributed by atoms with E-state index in [1.54, 1.807) is 6.07 Å². The van der Waals surface area contributed by atoms with Crippen LogP contribution in [0.25, 0.3) is 0 Å². The van der Waals surface area contributed by atoms with Crippen LogP contribution in [-0.2, 0) is 4.79 Å². The van der Waals surface area contributed by atoms with Gasteiger partial charge < -0.3 is 15.8 Å². The molecule has 0 aromatic heterocycles. The van der Waals surface area contributed by atoms with Gasteiger partial charge in [0.05, 0.1) is 12.2 Å². The predicted molar refractivity (Wildman–Crippen MR) is 80.1 cm³/mol. The van der Waals surface area contributed by atoms with Crippen LogP contribution in [0.5, 0.6) is 11.5 Å². The van der Waals surface area contributed by atoms with Crippen LogP contribution < -0.4 is 15.8 Å². The zero-order chi connectivity index (χ0) is 14.5. The van der Waals surface area contributed by atoms with E-state index in [1.165, 1.54) is 0 Å². The molecule has 3 N–H and O–H groups in total. The lowest BCUT2D eigenvalue weighted by molar-refractivity contribution is -0.114. The first-order valence-electron chi connectivity index (χ1n) is 6.43. The van der Waals surface area contributed by atoms with Gasteiger partial charge in [0.2, 0.25) is 5.91 Å². The summed E-state index contributed by atoms with van der Waals surface area (Å²) in [7, 11) is 0. The molecule has 0 saturated heterocycles. The number of aryl methyl sites for hydroxylation is 2. The molecule has 0 aliphatic carbocycles. The van der Waals surface area contributed by atoms with Gasteiger partial charge in [-0.05, 0) is 49.2 Å². The lowest BCUT2D eigenvalue weighted by Crippen LogP contribution is -2.22. The van der Waals surface area contributed by atoms with E-state index in [2.05, 4.69) is 11.4 Å². The van der Waals surface area contributed by atoms with Crippen molar-refractivity contribution in [3.8, 4) is 11.5 Å². The second-order valence-electron chi connectivity index (χ2n) is 4.67. The maximum atomic E-state index is 11.4. The number of para-hydroxylation sites is 2. The first-order chi connectivity index (χ1) is 9.58. The SMILES string of the molecule is Cc1cc(C)cc(Oc2ccccc2NC(=O)CN)c1. The Hall–Kier alpha value is -2.33. The Bertz CT molecular complexity index is 603. The van der Waals surface area contributed by atoms with Crippen molar-refractivity contribution in [1.29, 1.82) is 0 Å². The van der Waals surface area contributed by atoms with Crippen LogP contribution in [-0.4, -0.2) is 12.5 Å². The Labute approximate surface area is 118 Å². The molecule has 0 fully saturated rings. The predicted octanol–water partition coefficient (Wildman–Crippen LogP) is 2.99. The van der Waals surface area contributed by atoms with E-state index in [0.29, 0.717) is 11.4 Å². The third kappa shape index (κ3) is 3.59. The summed E-state index contributed by atoms with van der Waals surface area (Å²) in [6, 6.07) is 13.3. The number of nitrogens with one attached hydrogen (secondary N) is 1. The summed E-state index contributed by atoms with van der Waals surface area (Å²) in [6.45, 7) is 3.97. The van der Waals surface area contributed by atoms with Crippen molar-refractivity contribution < 1.29 is 9.53 Å². The molecular formula is C16H18N2O2. The molecule has 20 heavy (non-hydrogen) atoms. The quantitative estimate of drug-likeness (QED) is 0.897. The zero-order valence-electron chi connectivity index (χ0n) is 11.6. The Morgan fingerprint density at radius 1 is 1.15 bits per heavy atom. The molecule has 0 bridgehead atoms. The molecule has 0 radical (unpaired) electrons. The molecular weight excluding hydrogens is 252 g/mol. The van der Waals surface area contributed by atoms with Crippen molar-refractivity contribution in [1.82, 2.24) is 0 Å². The smallest absolute Gasteiger partial charge is 0.238 e. The lowest BCUT2D eigenvalue weighted by Gasteiger charge is -2.12. The Morgan fingerprint density at radius 2 is 1.80 bits per heavy atom. The molecule has 0 aliphatic rings. The van der Waals surface area contributed by atoms with Crippen molar-refractivity contribution in [2.24, 2.45) is 5.73 Å². The maximum Gasteiger partial charge on any atom is 0.238 e. The molecule has 0 atom stereocenters. The van der Waals surface area contributed by atoms with E-state index in [0.717, 1.165) is 16.9 Å². The number of amides is 1. The van der Waals surface area contributed by atoms with Crippen LogP contribution in [0.1, 0.15) is 11.1 Å². The molecule has 0 heterocycles. The van der Waals surface area contributed by atoms with Gasteiger partial charge in [-0.15, -0.1) is 0 Å². The van der Waals surface area contributed by atoms with Gasteiger partial charge in [0, 0.05) is 0 Å². The van der Waals surface area contributed by atoms with Gasteiger partial charge >= 0.3 is 0 Å². The highest BCUT2D eigenvalue weighted by Crippen LogP contribution is 2.30. The van der Waals surface area contributed by atoms with Gasteiger partial charge in [-0.3, -0.25) is 4.79 Å². The van der Waals surface area contributed by atoms with Gasteiger partial charge in [0.25, 0.3) is 0 Å². The van der Waals surface area contributed by atoms with Crippen molar-refractivity contribution in [2.75, 3.05) is 11.9 Å². The summed E-state index contributed by atoms with van der Waals surface area (Å²) in [6.07, 6.45) is 0.